The van der Waals surface area contributed by atoms with Gasteiger partial charge >= 0.3 is 0 Å². The molecule has 1 saturated heterocycles. The van der Waals surface area contributed by atoms with E-state index in [-0.39, 0.29) is 22.0 Å². The van der Waals surface area contributed by atoms with Gasteiger partial charge in [-0.1, -0.05) is 6.42 Å². The van der Waals surface area contributed by atoms with Gasteiger partial charge in [0.05, 0.1) is 9.82 Å². The molecule has 0 amide bonds. The third-order valence-corrected chi connectivity index (χ3v) is 6.65. The molecular formula is C15H21N3O4S. The zero-order valence-electron chi connectivity index (χ0n) is 12.8. The number of hydrogen-bond acceptors (Lipinski definition) is 5. The Labute approximate surface area is 135 Å². The molecule has 1 spiro atoms. The molecule has 2 aliphatic rings. The first kappa shape index (κ1) is 16.4. The van der Waals surface area contributed by atoms with Crippen LogP contribution in [0.4, 0.5) is 5.69 Å². The first-order valence-corrected chi connectivity index (χ1v) is 9.39. The lowest BCUT2D eigenvalue weighted by atomic mass is 9.75. The van der Waals surface area contributed by atoms with Crippen molar-refractivity contribution in [2.45, 2.75) is 43.0 Å². The van der Waals surface area contributed by atoms with Crippen LogP contribution in [-0.2, 0) is 10.0 Å². The smallest absolute Gasteiger partial charge is 0.269 e. The van der Waals surface area contributed by atoms with E-state index in [0.717, 1.165) is 45.2 Å². The summed E-state index contributed by atoms with van der Waals surface area (Å²) in [6.07, 6.45) is 4.92. The second-order valence-corrected chi connectivity index (χ2v) is 8.14. The van der Waals surface area contributed by atoms with Crippen molar-refractivity contribution in [1.29, 1.82) is 0 Å². The molecule has 2 fully saturated rings. The van der Waals surface area contributed by atoms with Crippen LogP contribution in [0.3, 0.4) is 0 Å². The Morgan fingerprint density at radius 2 is 1.83 bits per heavy atom. The first-order chi connectivity index (χ1) is 10.9. The Kier molecular flexibility index (Phi) is 4.39. The molecule has 1 heterocycles. The van der Waals surface area contributed by atoms with E-state index < -0.39 is 14.9 Å². The molecule has 3 rings (SSSR count). The second-order valence-electron chi connectivity index (χ2n) is 6.43. The number of nitro groups is 1. The Morgan fingerprint density at radius 3 is 2.43 bits per heavy atom. The summed E-state index contributed by atoms with van der Waals surface area (Å²) in [5, 5.41) is 14.0. The SMILES string of the molecule is O=[N+]([O-])c1ccc(S(=O)(=O)NC2CCCC23CCNCC3)cc1. The molecule has 1 aromatic rings. The van der Waals surface area contributed by atoms with Crippen LogP contribution in [0, 0.1) is 15.5 Å². The zero-order valence-corrected chi connectivity index (χ0v) is 13.6. The zero-order chi connectivity index (χ0) is 16.5. The first-order valence-electron chi connectivity index (χ1n) is 7.91. The van der Waals surface area contributed by atoms with Gasteiger partial charge in [0.15, 0.2) is 0 Å². The summed E-state index contributed by atoms with van der Waals surface area (Å²) in [5.74, 6) is 0. The highest BCUT2D eigenvalue weighted by atomic mass is 32.2. The van der Waals surface area contributed by atoms with Gasteiger partial charge in [-0.25, -0.2) is 13.1 Å². The van der Waals surface area contributed by atoms with E-state index >= 15 is 0 Å². The van der Waals surface area contributed by atoms with Crippen LogP contribution in [0.2, 0.25) is 0 Å². The Hall–Kier alpha value is -1.51. The third kappa shape index (κ3) is 3.24. The highest BCUT2D eigenvalue weighted by molar-refractivity contribution is 7.89. The number of nitrogens with one attached hydrogen (secondary N) is 2. The minimum absolute atomic E-state index is 0.0511. The minimum atomic E-state index is -3.65. The van der Waals surface area contributed by atoms with Gasteiger partial charge < -0.3 is 5.32 Å². The van der Waals surface area contributed by atoms with Crippen molar-refractivity contribution in [3.63, 3.8) is 0 Å². The predicted octanol–water partition coefficient (Wildman–Crippen LogP) is 1.80. The summed E-state index contributed by atoms with van der Waals surface area (Å²) in [6, 6.07) is 4.99. The largest absolute Gasteiger partial charge is 0.317 e. The molecule has 23 heavy (non-hydrogen) atoms. The maximum absolute atomic E-state index is 12.6. The lowest BCUT2D eigenvalue weighted by Crippen LogP contribution is -2.49. The third-order valence-electron chi connectivity index (χ3n) is 5.16. The van der Waals surface area contributed by atoms with Crippen LogP contribution in [0.5, 0.6) is 0 Å². The van der Waals surface area contributed by atoms with Gasteiger partial charge in [-0.15, -0.1) is 0 Å². The highest BCUT2D eigenvalue weighted by Gasteiger charge is 2.44. The number of non-ortho nitro benzene ring substituents is 1. The van der Waals surface area contributed by atoms with Gasteiger partial charge in [0.2, 0.25) is 10.0 Å². The quantitative estimate of drug-likeness (QED) is 0.643. The maximum Gasteiger partial charge on any atom is 0.269 e. The predicted molar refractivity (Wildman–Crippen MR) is 85.6 cm³/mol. The number of benzene rings is 1. The summed E-state index contributed by atoms with van der Waals surface area (Å²) in [4.78, 5) is 10.2. The minimum Gasteiger partial charge on any atom is -0.317 e. The molecule has 1 atom stereocenters. The fraction of sp³-hybridized carbons (Fsp3) is 0.600. The summed E-state index contributed by atoms with van der Waals surface area (Å²) in [7, 11) is -3.65. The normalized spacial score (nSPS) is 23.9. The number of hydrogen-bond donors (Lipinski definition) is 2. The fourth-order valence-electron chi connectivity index (χ4n) is 3.85. The van der Waals surface area contributed by atoms with Crippen molar-refractivity contribution >= 4 is 15.7 Å². The molecule has 1 aliphatic heterocycles. The van der Waals surface area contributed by atoms with Crippen molar-refractivity contribution < 1.29 is 13.3 Å². The average molecular weight is 339 g/mol. The molecule has 1 unspecified atom stereocenters. The molecule has 1 aromatic carbocycles. The summed E-state index contributed by atoms with van der Waals surface area (Å²) >= 11 is 0. The van der Waals surface area contributed by atoms with Gasteiger partial charge in [0.25, 0.3) is 5.69 Å². The number of rotatable bonds is 4. The van der Waals surface area contributed by atoms with Gasteiger partial charge in [0.1, 0.15) is 0 Å². The lowest BCUT2D eigenvalue weighted by molar-refractivity contribution is -0.384. The molecule has 7 nitrogen and oxygen atoms in total. The molecule has 8 heteroatoms. The van der Waals surface area contributed by atoms with Crippen molar-refractivity contribution in [3.8, 4) is 0 Å². The van der Waals surface area contributed by atoms with Crippen molar-refractivity contribution in [2.24, 2.45) is 5.41 Å². The molecule has 1 saturated carbocycles. The molecule has 0 bridgehead atoms. The van der Waals surface area contributed by atoms with E-state index in [0.29, 0.717) is 0 Å². The molecule has 0 aromatic heterocycles. The Morgan fingerprint density at radius 1 is 1.17 bits per heavy atom. The number of nitrogens with zero attached hydrogens (tertiary/aromatic N) is 1. The van der Waals surface area contributed by atoms with E-state index in [4.69, 9.17) is 0 Å². The van der Waals surface area contributed by atoms with E-state index in [9.17, 15) is 18.5 Å². The summed E-state index contributed by atoms with van der Waals surface area (Å²) in [5.41, 5.74) is -0.0568. The van der Waals surface area contributed by atoms with Crippen LogP contribution in [0.1, 0.15) is 32.1 Å². The lowest BCUT2D eigenvalue weighted by Gasteiger charge is -2.39. The standard InChI is InChI=1S/C15H21N3O4S/c19-18(20)12-3-5-13(6-4-12)23(21,22)17-14-2-1-7-15(14)8-10-16-11-9-15/h3-6,14,16-17H,1-2,7-11H2. The Bertz CT molecular complexity index is 681. The molecular weight excluding hydrogens is 318 g/mol. The van der Waals surface area contributed by atoms with Crippen LogP contribution in [-0.4, -0.2) is 32.5 Å². The topological polar surface area (TPSA) is 101 Å². The van der Waals surface area contributed by atoms with Crippen molar-refractivity contribution in [3.05, 3.63) is 34.4 Å². The second kappa shape index (κ2) is 6.18. The molecule has 1 aliphatic carbocycles. The number of nitro benzene ring substituents is 1. The molecule has 2 N–H and O–H groups in total. The summed E-state index contributed by atoms with van der Waals surface area (Å²) in [6.45, 7) is 1.85. The van der Waals surface area contributed by atoms with Gasteiger partial charge in [0, 0.05) is 18.2 Å². The van der Waals surface area contributed by atoms with Gasteiger partial charge in [-0.3, -0.25) is 10.1 Å². The highest BCUT2D eigenvalue weighted by Crippen LogP contribution is 2.45. The van der Waals surface area contributed by atoms with Gasteiger partial charge in [-0.2, -0.15) is 0 Å². The van der Waals surface area contributed by atoms with E-state index in [1.165, 1.54) is 24.3 Å². The van der Waals surface area contributed by atoms with E-state index in [1.807, 2.05) is 0 Å². The van der Waals surface area contributed by atoms with Crippen molar-refractivity contribution in [2.75, 3.05) is 13.1 Å². The van der Waals surface area contributed by atoms with Crippen LogP contribution in [0.25, 0.3) is 0 Å². The van der Waals surface area contributed by atoms with Crippen LogP contribution in [0.15, 0.2) is 29.2 Å². The number of piperidine rings is 1. The summed E-state index contributed by atoms with van der Waals surface area (Å²) < 4.78 is 28.1. The molecule has 126 valence electrons. The number of sulfonamides is 1. The fourth-order valence-corrected chi connectivity index (χ4v) is 5.22. The monoisotopic (exact) mass is 339 g/mol. The van der Waals surface area contributed by atoms with Gasteiger partial charge in [-0.05, 0) is 56.3 Å². The van der Waals surface area contributed by atoms with Crippen molar-refractivity contribution in [1.82, 2.24) is 10.0 Å². The Balaban J connectivity index is 1.79. The van der Waals surface area contributed by atoms with E-state index in [2.05, 4.69) is 10.0 Å². The maximum atomic E-state index is 12.6. The average Bonchev–Trinajstić information content (AvgIpc) is 2.89. The van der Waals surface area contributed by atoms with Crippen LogP contribution >= 0.6 is 0 Å². The van der Waals surface area contributed by atoms with E-state index in [1.54, 1.807) is 0 Å². The molecule has 0 radical (unpaired) electrons. The van der Waals surface area contributed by atoms with Crippen LogP contribution < -0.4 is 10.0 Å².